The average molecular weight is 435 g/mol. The smallest absolute Gasteiger partial charge is 0.243 e. The molecule has 2 heterocycles. The number of fused-ring (bicyclic) bond motifs is 2. The van der Waals surface area contributed by atoms with Crippen molar-refractivity contribution in [3.8, 4) is 16.9 Å². The van der Waals surface area contributed by atoms with Crippen LogP contribution >= 0.6 is 0 Å². The van der Waals surface area contributed by atoms with Crippen LogP contribution in [0.15, 0.2) is 77.7 Å². The Bertz CT molecular complexity index is 1180. The van der Waals surface area contributed by atoms with E-state index < -0.39 is 10.0 Å². The standard InChI is InChI=1S/C25H26N2O3S/c1-17-4-3-5-20(14-17)18-6-8-19(9-7-18)25-23-15-26-16-24(25)27(23)31(28,29)22-12-10-21(30-2)11-13-22/h3-14,23-26H,15-16H2,1-2H3/t23-,24+,25?. The zero-order valence-electron chi connectivity index (χ0n) is 17.7. The molecule has 2 aliphatic rings. The summed E-state index contributed by atoms with van der Waals surface area (Å²) in [6.07, 6.45) is 0. The largest absolute Gasteiger partial charge is 0.497 e. The van der Waals surface area contributed by atoms with Gasteiger partial charge in [0.05, 0.1) is 12.0 Å². The molecule has 160 valence electrons. The lowest BCUT2D eigenvalue weighted by Crippen LogP contribution is -2.73. The molecule has 3 aromatic rings. The molecule has 1 unspecified atom stereocenters. The highest BCUT2D eigenvalue weighted by molar-refractivity contribution is 7.89. The second-order valence-corrected chi connectivity index (χ2v) is 10.2. The van der Waals surface area contributed by atoms with Gasteiger partial charge in [-0.2, -0.15) is 4.31 Å². The second kappa shape index (κ2) is 7.79. The van der Waals surface area contributed by atoms with Gasteiger partial charge in [0.2, 0.25) is 10.0 Å². The van der Waals surface area contributed by atoms with Crippen LogP contribution in [0.3, 0.4) is 0 Å². The number of ether oxygens (including phenoxy) is 1. The van der Waals surface area contributed by atoms with E-state index in [9.17, 15) is 8.42 Å². The van der Waals surface area contributed by atoms with E-state index in [1.807, 2.05) is 0 Å². The molecule has 2 saturated heterocycles. The van der Waals surface area contributed by atoms with Crippen molar-refractivity contribution in [2.75, 3.05) is 20.2 Å². The molecule has 2 aliphatic heterocycles. The van der Waals surface area contributed by atoms with Crippen molar-refractivity contribution in [2.24, 2.45) is 0 Å². The number of rotatable bonds is 5. The topological polar surface area (TPSA) is 58.6 Å². The Morgan fingerprint density at radius 2 is 1.58 bits per heavy atom. The Kier molecular flexibility index (Phi) is 5.08. The Balaban J connectivity index is 1.40. The van der Waals surface area contributed by atoms with Crippen LogP contribution in [-0.2, 0) is 10.0 Å². The fraction of sp³-hybridized carbons (Fsp3) is 0.280. The maximum Gasteiger partial charge on any atom is 0.243 e. The van der Waals surface area contributed by atoms with Crippen LogP contribution in [0.5, 0.6) is 5.75 Å². The van der Waals surface area contributed by atoms with Gasteiger partial charge in [0.15, 0.2) is 0 Å². The molecule has 0 saturated carbocycles. The minimum Gasteiger partial charge on any atom is -0.497 e. The van der Waals surface area contributed by atoms with Gasteiger partial charge in [0.25, 0.3) is 0 Å². The fourth-order valence-electron chi connectivity index (χ4n) is 4.92. The molecule has 5 nitrogen and oxygen atoms in total. The van der Waals surface area contributed by atoms with Crippen LogP contribution in [0.2, 0.25) is 0 Å². The average Bonchev–Trinajstić information content (AvgIpc) is 2.80. The van der Waals surface area contributed by atoms with Crippen molar-refractivity contribution in [3.63, 3.8) is 0 Å². The molecule has 2 fully saturated rings. The molecule has 3 aromatic carbocycles. The lowest BCUT2D eigenvalue weighted by Gasteiger charge is -2.57. The van der Waals surface area contributed by atoms with Crippen molar-refractivity contribution in [3.05, 3.63) is 83.9 Å². The number of benzene rings is 3. The molecule has 5 rings (SSSR count). The summed E-state index contributed by atoms with van der Waals surface area (Å²) in [4.78, 5) is 0.318. The maximum atomic E-state index is 13.3. The highest BCUT2D eigenvalue weighted by atomic mass is 32.2. The second-order valence-electron chi connectivity index (χ2n) is 8.32. The summed E-state index contributed by atoms with van der Waals surface area (Å²) in [5, 5.41) is 3.37. The van der Waals surface area contributed by atoms with E-state index in [2.05, 4.69) is 60.8 Å². The van der Waals surface area contributed by atoms with Gasteiger partial charge in [-0.25, -0.2) is 8.42 Å². The SMILES string of the molecule is COc1ccc(S(=O)(=O)N2[C@@H]3CNC[C@H]2C3c2ccc(-c3cccc(C)c3)cc2)cc1. The first-order chi connectivity index (χ1) is 15.0. The molecule has 6 heteroatoms. The molecule has 0 aliphatic carbocycles. The highest BCUT2D eigenvalue weighted by Gasteiger charge is 2.56. The normalized spacial score (nSPS) is 23.2. The van der Waals surface area contributed by atoms with Crippen LogP contribution in [0.4, 0.5) is 0 Å². The molecule has 0 radical (unpaired) electrons. The highest BCUT2D eigenvalue weighted by Crippen LogP contribution is 2.46. The van der Waals surface area contributed by atoms with E-state index in [0.29, 0.717) is 23.7 Å². The Morgan fingerprint density at radius 1 is 0.903 bits per heavy atom. The van der Waals surface area contributed by atoms with Gasteiger partial charge in [0.1, 0.15) is 5.75 Å². The summed E-state index contributed by atoms with van der Waals surface area (Å²) in [5.74, 6) is 0.858. The molecule has 31 heavy (non-hydrogen) atoms. The van der Waals surface area contributed by atoms with Crippen LogP contribution in [-0.4, -0.2) is 45.0 Å². The summed E-state index contributed by atoms with van der Waals surface area (Å²) in [7, 11) is -1.97. The zero-order valence-corrected chi connectivity index (χ0v) is 18.5. The van der Waals surface area contributed by atoms with Crippen LogP contribution in [0, 0.1) is 6.92 Å². The first-order valence-corrected chi connectivity index (χ1v) is 12.0. The summed E-state index contributed by atoms with van der Waals surface area (Å²) in [6, 6.07) is 23.6. The van der Waals surface area contributed by atoms with Crippen LogP contribution in [0.1, 0.15) is 17.0 Å². The number of methoxy groups -OCH3 is 1. The Hall–Kier alpha value is -2.67. The summed E-state index contributed by atoms with van der Waals surface area (Å²) in [6.45, 7) is 3.42. The van der Waals surface area contributed by atoms with Crippen LogP contribution in [0.25, 0.3) is 11.1 Å². The molecule has 3 atom stereocenters. The number of nitrogens with zero attached hydrogens (tertiary/aromatic N) is 1. The lowest BCUT2D eigenvalue weighted by molar-refractivity contribution is 0.0370. The van der Waals surface area contributed by atoms with Gasteiger partial charge in [-0.05, 0) is 47.9 Å². The third-order valence-electron chi connectivity index (χ3n) is 6.47. The minimum atomic E-state index is -3.55. The first kappa shape index (κ1) is 20.2. The van der Waals surface area contributed by atoms with Crippen molar-refractivity contribution in [1.82, 2.24) is 9.62 Å². The van der Waals surface area contributed by atoms with Crippen LogP contribution < -0.4 is 10.1 Å². The number of hydrogen-bond acceptors (Lipinski definition) is 4. The Labute approximate surface area is 183 Å². The number of piperazine rings is 1. The fourth-order valence-corrected chi connectivity index (χ4v) is 6.77. The third-order valence-corrected chi connectivity index (χ3v) is 8.44. The minimum absolute atomic E-state index is 0.0735. The van der Waals surface area contributed by atoms with Gasteiger partial charge in [0, 0.05) is 31.1 Å². The molecular formula is C25H26N2O3S. The van der Waals surface area contributed by atoms with E-state index in [1.54, 1.807) is 35.7 Å². The van der Waals surface area contributed by atoms with Gasteiger partial charge in [-0.3, -0.25) is 0 Å². The quantitative estimate of drug-likeness (QED) is 0.664. The Morgan fingerprint density at radius 3 is 2.19 bits per heavy atom. The monoisotopic (exact) mass is 434 g/mol. The van der Waals surface area contributed by atoms with E-state index in [0.717, 1.165) is 0 Å². The maximum absolute atomic E-state index is 13.3. The van der Waals surface area contributed by atoms with Gasteiger partial charge in [-0.1, -0.05) is 54.1 Å². The summed E-state index contributed by atoms with van der Waals surface area (Å²) < 4.78 is 33.5. The van der Waals surface area contributed by atoms with Crippen molar-refractivity contribution in [1.29, 1.82) is 0 Å². The van der Waals surface area contributed by atoms with Gasteiger partial charge in [-0.15, -0.1) is 0 Å². The molecule has 1 N–H and O–H groups in total. The molecule has 2 bridgehead atoms. The predicted octanol–water partition coefficient (Wildman–Crippen LogP) is 3.80. The van der Waals surface area contributed by atoms with Crippen molar-refractivity contribution >= 4 is 10.0 Å². The van der Waals surface area contributed by atoms with E-state index in [4.69, 9.17) is 4.74 Å². The van der Waals surface area contributed by atoms with Crippen molar-refractivity contribution in [2.45, 2.75) is 29.8 Å². The number of sulfonamides is 1. The van der Waals surface area contributed by atoms with E-state index in [1.165, 1.54) is 22.3 Å². The first-order valence-electron chi connectivity index (χ1n) is 10.5. The lowest BCUT2D eigenvalue weighted by atomic mass is 9.74. The molecule has 0 aromatic heterocycles. The van der Waals surface area contributed by atoms with E-state index in [-0.39, 0.29) is 18.0 Å². The summed E-state index contributed by atoms with van der Waals surface area (Å²) >= 11 is 0. The zero-order chi connectivity index (χ0) is 21.6. The number of piperidine rings is 1. The number of hydrogen-bond donors (Lipinski definition) is 1. The predicted molar refractivity (Wildman–Crippen MR) is 122 cm³/mol. The molecular weight excluding hydrogens is 408 g/mol. The molecule has 0 amide bonds. The van der Waals surface area contributed by atoms with Crippen molar-refractivity contribution < 1.29 is 13.2 Å². The van der Waals surface area contributed by atoms with E-state index >= 15 is 0 Å². The number of nitrogens with one attached hydrogen (secondary N) is 1. The van der Waals surface area contributed by atoms with Gasteiger partial charge < -0.3 is 10.1 Å². The summed E-state index contributed by atoms with van der Waals surface area (Å²) in [5.41, 5.74) is 4.82. The third kappa shape index (κ3) is 3.45. The van der Waals surface area contributed by atoms with Gasteiger partial charge >= 0.3 is 0 Å². The number of aryl methyl sites for hydroxylation is 1. The molecule has 0 spiro atoms.